The fraction of sp³-hybridized carbons (Fsp3) is 0.524. The highest BCUT2D eigenvalue weighted by atomic mass is 31.2. The number of aliphatic hydroxyl groups is 2. The third kappa shape index (κ3) is 5.81. The number of fused-ring (bicyclic) bond motifs is 1. The zero-order chi connectivity index (χ0) is 30.3. The molecule has 2 fully saturated rings. The van der Waals surface area contributed by atoms with Crippen molar-refractivity contribution >= 4 is 32.3 Å². The van der Waals surface area contributed by atoms with Crippen LogP contribution >= 0.6 is 7.82 Å². The number of hydrogen-bond acceptors (Lipinski definition) is 13. The Morgan fingerprint density at radius 3 is 2.67 bits per heavy atom. The van der Waals surface area contributed by atoms with E-state index < -0.39 is 74.7 Å². The Kier molecular flexibility index (Phi) is 8.20. The second-order valence-corrected chi connectivity index (χ2v) is 11.1. The van der Waals surface area contributed by atoms with Gasteiger partial charge in [-0.3, -0.25) is 38.4 Å². The third-order valence-electron chi connectivity index (χ3n) is 6.84. The number of H-pyrrole nitrogens is 2. The van der Waals surface area contributed by atoms with Gasteiger partial charge in [-0.05, 0) is 6.92 Å². The maximum Gasteiger partial charge on any atom is 0.472 e. The molecule has 2 radical (unpaired) electrons. The van der Waals surface area contributed by atoms with Gasteiger partial charge in [-0.2, -0.15) is 15.5 Å². The molecule has 0 saturated carbocycles. The summed E-state index contributed by atoms with van der Waals surface area (Å²) in [6.07, 6.45) is -4.05. The van der Waals surface area contributed by atoms with E-state index in [0.29, 0.717) is 0 Å². The first kappa shape index (κ1) is 29.8. The van der Waals surface area contributed by atoms with Gasteiger partial charge < -0.3 is 34.8 Å². The lowest BCUT2D eigenvalue weighted by molar-refractivity contribution is -0.499. The van der Waals surface area contributed by atoms with Crippen molar-refractivity contribution in [2.75, 3.05) is 18.9 Å². The second-order valence-electron chi connectivity index (χ2n) is 9.68. The summed E-state index contributed by atoms with van der Waals surface area (Å²) >= 11 is 0. The minimum Gasteiger partial charge on any atom is -0.465 e. The van der Waals surface area contributed by atoms with Crippen LogP contribution in [0.3, 0.4) is 0 Å². The molecule has 5 heterocycles. The lowest BCUT2D eigenvalue weighted by atomic mass is 9.98. The molecular weight excluding hydrogens is 582 g/mol. The van der Waals surface area contributed by atoms with Crippen LogP contribution in [0.5, 0.6) is 0 Å². The summed E-state index contributed by atoms with van der Waals surface area (Å²) in [6, 6.07) is 0. The molecule has 5 rings (SSSR count). The highest BCUT2D eigenvalue weighted by molar-refractivity contribution is 7.47. The standard InChI is InChI=1S/C21H25BN8O11P/c1-9-4-28(21(35)27-18(9)33)14-2-10(32)13(40-14)6-38-42(36,37)41-11-3-15(39-12(11)5-31)29-8-30(22-7-23)16-17(29)25-20(24)26-19(16)34/h4,8,10-15,31-32H,2-3,5-6H2,1H3,(H4-,24,25,26,27,33,34,35,36,37)/q-1/p+1. The monoisotopic (exact) mass is 608 g/mol. The number of nitriles is 1. The van der Waals surface area contributed by atoms with Gasteiger partial charge in [0.25, 0.3) is 16.8 Å². The fourth-order valence-electron chi connectivity index (χ4n) is 4.85. The van der Waals surface area contributed by atoms with Crippen LogP contribution in [-0.4, -0.2) is 84.2 Å². The fourth-order valence-corrected chi connectivity index (χ4v) is 5.81. The largest absolute Gasteiger partial charge is 0.472 e. The van der Waals surface area contributed by atoms with Crippen LogP contribution in [0.1, 0.15) is 30.9 Å². The van der Waals surface area contributed by atoms with E-state index in [9.17, 15) is 34.1 Å². The van der Waals surface area contributed by atoms with Crippen LogP contribution in [0.2, 0.25) is 0 Å². The van der Waals surface area contributed by atoms with Crippen molar-refractivity contribution in [2.45, 2.75) is 56.6 Å². The first-order valence-electron chi connectivity index (χ1n) is 12.5. The van der Waals surface area contributed by atoms with Crippen LogP contribution in [0, 0.1) is 18.2 Å². The van der Waals surface area contributed by atoms with Gasteiger partial charge in [0.05, 0.1) is 26.7 Å². The smallest absolute Gasteiger partial charge is 0.465 e. The molecule has 7 unspecified atom stereocenters. The van der Waals surface area contributed by atoms with Crippen LogP contribution in [-0.2, 0) is 23.1 Å². The van der Waals surface area contributed by atoms with Crippen molar-refractivity contribution in [1.29, 1.82) is 5.26 Å². The van der Waals surface area contributed by atoms with Crippen molar-refractivity contribution in [1.82, 2.24) is 24.1 Å². The topological polar surface area (TPSA) is 274 Å². The Balaban J connectivity index is 1.27. The summed E-state index contributed by atoms with van der Waals surface area (Å²) in [5.74, 6) is 1.60. The molecule has 0 bridgehead atoms. The molecule has 0 aromatic carbocycles. The van der Waals surface area contributed by atoms with E-state index in [1.807, 2.05) is 0 Å². The lowest BCUT2D eigenvalue weighted by Crippen LogP contribution is -2.41. The van der Waals surface area contributed by atoms with E-state index in [2.05, 4.69) is 15.0 Å². The number of aryl methyl sites for hydroxylation is 1. The SMILES string of the molecule is Cc1cn(C2CC(O)C(COP(=O)(O)OC3CC(n4c[n+]([B-]C#N)c5c(=O)[nH]c(N)nc54)OC3CO)O2)c(=O)[nH]c1=O. The number of imidazole rings is 1. The predicted octanol–water partition coefficient (Wildman–Crippen LogP) is -3.17. The number of phosphoric ester groups is 1. The maximum absolute atomic E-state index is 12.8. The minimum absolute atomic E-state index is 0.0110. The molecule has 3 aromatic heterocycles. The number of anilines is 1. The Labute approximate surface area is 235 Å². The minimum atomic E-state index is -4.83. The average Bonchev–Trinajstić information content (AvgIpc) is 3.60. The zero-order valence-electron chi connectivity index (χ0n) is 21.9. The molecule has 224 valence electrons. The van der Waals surface area contributed by atoms with Gasteiger partial charge in [0.15, 0.2) is 6.33 Å². The van der Waals surface area contributed by atoms with Crippen molar-refractivity contribution in [2.24, 2.45) is 0 Å². The Bertz CT molecular complexity index is 1770. The van der Waals surface area contributed by atoms with Gasteiger partial charge in [-0.1, -0.05) is 0 Å². The number of hydrogen-bond donors (Lipinski definition) is 6. The zero-order valence-corrected chi connectivity index (χ0v) is 22.8. The number of ether oxygens (including phenoxy) is 2. The molecule has 0 spiro atoms. The van der Waals surface area contributed by atoms with Gasteiger partial charge in [0, 0.05) is 24.6 Å². The van der Waals surface area contributed by atoms with Gasteiger partial charge >= 0.3 is 13.5 Å². The van der Waals surface area contributed by atoms with E-state index in [1.54, 1.807) is 5.97 Å². The second kappa shape index (κ2) is 11.5. The Hall–Kier alpha value is -3.67. The summed E-state index contributed by atoms with van der Waals surface area (Å²) in [6.45, 7) is 0.284. The van der Waals surface area contributed by atoms with Crippen molar-refractivity contribution in [3.05, 3.63) is 49.3 Å². The molecule has 42 heavy (non-hydrogen) atoms. The summed E-state index contributed by atoms with van der Waals surface area (Å²) in [5, 5.41) is 29.3. The van der Waals surface area contributed by atoms with Crippen molar-refractivity contribution in [3.63, 3.8) is 0 Å². The van der Waals surface area contributed by atoms with E-state index in [4.69, 9.17) is 29.5 Å². The summed E-state index contributed by atoms with van der Waals surface area (Å²) in [4.78, 5) is 55.2. The van der Waals surface area contributed by atoms with Crippen LogP contribution < -0.4 is 27.0 Å². The highest BCUT2D eigenvalue weighted by Crippen LogP contribution is 2.49. The maximum atomic E-state index is 12.8. The molecular formula is C21H26BN8O11P. The van der Waals surface area contributed by atoms with Crippen LogP contribution in [0.25, 0.3) is 11.2 Å². The number of nitrogens with two attached hydrogens (primary N) is 1. The lowest BCUT2D eigenvalue weighted by Gasteiger charge is -2.21. The molecule has 2 saturated heterocycles. The summed E-state index contributed by atoms with van der Waals surface area (Å²) in [7, 11) is -3.78. The van der Waals surface area contributed by atoms with E-state index >= 15 is 0 Å². The van der Waals surface area contributed by atoms with Crippen LogP contribution in [0.4, 0.5) is 5.95 Å². The first-order valence-corrected chi connectivity index (χ1v) is 14.0. The van der Waals surface area contributed by atoms with Gasteiger partial charge in [-0.15, -0.1) is 0 Å². The molecule has 2 aliphatic heterocycles. The number of nitrogens with zero attached hydrogens (tertiary/aromatic N) is 5. The van der Waals surface area contributed by atoms with Gasteiger partial charge in [0.2, 0.25) is 17.7 Å². The van der Waals surface area contributed by atoms with Crippen LogP contribution in [0.15, 0.2) is 26.9 Å². The van der Waals surface area contributed by atoms with Crippen molar-refractivity contribution in [3.8, 4) is 5.97 Å². The highest BCUT2D eigenvalue weighted by Gasteiger charge is 2.45. The normalized spacial score (nSPS) is 27.3. The first-order chi connectivity index (χ1) is 19.9. The predicted molar refractivity (Wildman–Crippen MR) is 139 cm³/mol. The van der Waals surface area contributed by atoms with E-state index in [1.165, 1.54) is 28.5 Å². The molecule has 3 aromatic rings. The number of aromatic amines is 2. The number of aromatic nitrogens is 6. The number of rotatable bonds is 9. The number of nitrogens with one attached hydrogen (secondary N) is 2. The summed E-state index contributed by atoms with van der Waals surface area (Å²) < 4.78 is 38.3. The number of phosphoric acid groups is 1. The summed E-state index contributed by atoms with van der Waals surface area (Å²) in [5.41, 5.74) is 4.02. The Morgan fingerprint density at radius 1 is 1.24 bits per heavy atom. The Morgan fingerprint density at radius 2 is 1.95 bits per heavy atom. The van der Waals surface area contributed by atoms with Gasteiger partial charge in [0.1, 0.15) is 24.5 Å². The van der Waals surface area contributed by atoms with Gasteiger partial charge in [-0.25, -0.2) is 9.36 Å². The molecule has 0 amide bonds. The third-order valence-corrected chi connectivity index (χ3v) is 7.86. The number of aliphatic hydroxyl groups excluding tert-OH is 2. The van der Waals surface area contributed by atoms with E-state index in [-0.39, 0.29) is 35.5 Å². The van der Waals surface area contributed by atoms with E-state index in [0.717, 1.165) is 12.0 Å². The molecule has 7 N–H and O–H groups in total. The molecule has 7 atom stereocenters. The average molecular weight is 608 g/mol. The molecule has 0 aliphatic carbocycles. The molecule has 21 heteroatoms. The van der Waals surface area contributed by atoms with Crippen molar-refractivity contribution < 1.29 is 42.7 Å². The number of nitrogen functional groups attached to an aromatic ring is 1. The molecule has 19 nitrogen and oxygen atoms in total. The molecule has 2 aliphatic rings. The quantitative estimate of drug-likeness (QED) is 0.103.